The van der Waals surface area contributed by atoms with Crippen molar-refractivity contribution in [2.45, 2.75) is 24.2 Å². The van der Waals surface area contributed by atoms with Crippen LogP contribution in [0, 0.1) is 23.7 Å². The van der Waals surface area contributed by atoms with Gasteiger partial charge in [-0.2, -0.15) is 5.01 Å². The molecule has 61 heavy (non-hydrogen) atoms. The molecule has 3 N–H and O–H groups in total. The number of rotatable bonds is 9. The van der Waals surface area contributed by atoms with Gasteiger partial charge < -0.3 is 19.9 Å². The SMILES string of the molecule is COc1ccc(C23C(=O)N(Nc4ccc(Cl)cc4Cl)C(=O)C2CC2C(=CCC4C(=O)N(c5ccc(Nc6ccccc6)cc5)C(=O)C42)C3c2cc(OC)c(O)c(Br)c2Br)cc1. The highest BCUT2D eigenvalue weighted by molar-refractivity contribution is 9.13. The number of imide groups is 2. The lowest BCUT2D eigenvalue weighted by molar-refractivity contribution is -0.138. The summed E-state index contributed by atoms with van der Waals surface area (Å²) in [4.78, 5) is 61.4. The van der Waals surface area contributed by atoms with Gasteiger partial charge in [-0.15, -0.1) is 0 Å². The highest BCUT2D eigenvalue weighted by Crippen LogP contribution is 2.66. The monoisotopic (exact) mass is 984 g/mol. The largest absolute Gasteiger partial charge is 0.503 e. The minimum absolute atomic E-state index is 0.0629. The molecule has 310 valence electrons. The van der Waals surface area contributed by atoms with Gasteiger partial charge in [-0.3, -0.25) is 29.5 Å². The molecule has 0 spiro atoms. The molecule has 2 aliphatic heterocycles. The van der Waals surface area contributed by atoms with Crippen molar-refractivity contribution < 1.29 is 33.8 Å². The minimum atomic E-state index is -1.64. The molecule has 6 atom stereocenters. The molecule has 0 aromatic heterocycles. The number of hydrogen-bond donors (Lipinski definition) is 3. The smallest absolute Gasteiger partial charge is 0.260 e. The molecule has 0 radical (unpaired) electrons. The van der Waals surface area contributed by atoms with E-state index in [0.717, 1.165) is 16.4 Å². The number of nitrogens with zero attached hydrogens (tertiary/aromatic N) is 2. The molecular weight excluding hydrogens is 951 g/mol. The molecule has 4 aliphatic rings. The van der Waals surface area contributed by atoms with Crippen molar-refractivity contribution in [1.29, 1.82) is 0 Å². The Hall–Kier alpha value is -5.34. The number of phenolic OH excluding ortho intramolecular Hbond substituents is 1. The molecule has 4 amide bonds. The number of fused-ring (bicyclic) bond motifs is 4. The summed E-state index contributed by atoms with van der Waals surface area (Å²) in [5.74, 6) is -5.56. The fourth-order valence-electron chi connectivity index (χ4n) is 9.80. The van der Waals surface area contributed by atoms with E-state index < -0.39 is 46.8 Å². The fraction of sp³-hybridized carbons (Fsp3) is 0.217. The number of benzene rings is 5. The number of phenols is 1. The number of carbonyl (C=O) groups is 4. The van der Waals surface area contributed by atoms with Crippen LogP contribution < -0.4 is 25.1 Å². The van der Waals surface area contributed by atoms with Crippen LogP contribution in [0.5, 0.6) is 17.2 Å². The first-order valence-corrected chi connectivity index (χ1v) is 21.7. The van der Waals surface area contributed by atoms with Crippen LogP contribution in [0.3, 0.4) is 0 Å². The molecule has 5 aromatic rings. The molecule has 6 unspecified atom stereocenters. The van der Waals surface area contributed by atoms with Crippen molar-refractivity contribution in [2.75, 3.05) is 29.9 Å². The van der Waals surface area contributed by atoms with Crippen molar-refractivity contribution in [1.82, 2.24) is 5.01 Å². The Morgan fingerprint density at radius 2 is 1.49 bits per heavy atom. The molecule has 1 saturated carbocycles. The Labute approximate surface area is 377 Å². The van der Waals surface area contributed by atoms with Crippen LogP contribution in [-0.2, 0) is 24.6 Å². The van der Waals surface area contributed by atoms with Crippen molar-refractivity contribution >= 4 is 101 Å². The van der Waals surface area contributed by atoms with E-state index in [9.17, 15) is 14.7 Å². The maximum atomic E-state index is 15.7. The third-order valence-corrected chi connectivity index (χ3v) is 15.2. The lowest BCUT2D eigenvalue weighted by Gasteiger charge is -2.51. The second-order valence-corrected chi connectivity index (χ2v) is 17.8. The van der Waals surface area contributed by atoms with Crippen LogP contribution >= 0.6 is 55.1 Å². The van der Waals surface area contributed by atoms with E-state index in [0.29, 0.717) is 37.6 Å². The summed E-state index contributed by atoms with van der Waals surface area (Å²) in [6.45, 7) is 0. The van der Waals surface area contributed by atoms with Crippen molar-refractivity contribution in [3.63, 3.8) is 0 Å². The molecule has 2 saturated heterocycles. The van der Waals surface area contributed by atoms with Gasteiger partial charge in [-0.1, -0.05) is 65.2 Å². The van der Waals surface area contributed by atoms with Crippen LogP contribution in [0.2, 0.25) is 10.0 Å². The number of para-hydroxylation sites is 1. The maximum absolute atomic E-state index is 15.7. The molecule has 3 fully saturated rings. The van der Waals surface area contributed by atoms with E-state index in [1.54, 1.807) is 54.6 Å². The number of hydrazine groups is 1. The topological polar surface area (TPSA) is 138 Å². The molecule has 15 heteroatoms. The zero-order chi connectivity index (χ0) is 42.9. The molecule has 11 nitrogen and oxygen atoms in total. The molecule has 2 aliphatic carbocycles. The first-order chi connectivity index (χ1) is 29.4. The van der Waals surface area contributed by atoms with Crippen molar-refractivity contribution in [3.8, 4) is 17.2 Å². The number of methoxy groups -OCH3 is 2. The Morgan fingerprint density at radius 3 is 2.16 bits per heavy atom. The lowest BCUT2D eigenvalue weighted by atomic mass is 9.49. The first kappa shape index (κ1) is 41.0. The summed E-state index contributed by atoms with van der Waals surface area (Å²) in [7, 11) is 2.96. The van der Waals surface area contributed by atoms with Gasteiger partial charge in [0.2, 0.25) is 11.8 Å². The molecular formula is C46H36Br2Cl2N4O7. The van der Waals surface area contributed by atoms with E-state index in [2.05, 4.69) is 42.6 Å². The first-order valence-electron chi connectivity index (χ1n) is 19.4. The summed E-state index contributed by atoms with van der Waals surface area (Å²) >= 11 is 20.1. The minimum Gasteiger partial charge on any atom is -0.503 e. The third-order valence-electron chi connectivity index (χ3n) is 12.5. The van der Waals surface area contributed by atoms with Gasteiger partial charge in [-0.25, -0.2) is 0 Å². The van der Waals surface area contributed by atoms with E-state index in [4.69, 9.17) is 32.7 Å². The number of nitrogens with one attached hydrogen (secondary N) is 2. The van der Waals surface area contributed by atoms with Crippen molar-refractivity contribution in [3.05, 3.63) is 145 Å². The van der Waals surface area contributed by atoms with E-state index >= 15 is 9.59 Å². The number of anilines is 4. The van der Waals surface area contributed by atoms with Gasteiger partial charge in [0.1, 0.15) is 5.75 Å². The zero-order valence-electron chi connectivity index (χ0n) is 32.5. The van der Waals surface area contributed by atoms with Gasteiger partial charge in [-0.05, 0) is 135 Å². The summed E-state index contributed by atoms with van der Waals surface area (Å²) in [5.41, 5.74) is 5.50. The second kappa shape index (κ2) is 15.8. The highest BCUT2D eigenvalue weighted by Gasteiger charge is 2.70. The van der Waals surface area contributed by atoms with Gasteiger partial charge >= 0.3 is 0 Å². The van der Waals surface area contributed by atoms with Crippen molar-refractivity contribution in [2.24, 2.45) is 23.7 Å². The van der Waals surface area contributed by atoms with Crippen LogP contribution in [-0.4, -0.2) is 48.0 Å². The number of aromatic hydroxyl groups is 1. The van der Waals surface area contributed by atoms with E-state index in [1.807, 2.05) is 48.5 Å². The van der Waals surface area contributed by atoms with Gasteiger partial charge in [0.25, 0.3) is 11.8 Å². The Balaban J connectivity index is 1.20. The van der Waals surface area contributed by atoms with Gasteiger partial charge in [0.05, 0.1) is 58.3 Å². The van der Waals surface area contributed by atoms with Crippen LogP contribution in [0.15, 0.2) is 124 Å². The molecule has 5 aromatic carbocycles. The predicted molar refractivity (Wildman–Crippen MR) is 239 cm³/mol. The quantitative estimate of drug-likeness (QED) is 0.0974. The zero-order valence-corrected chi connectivity index (χ0v) is 37.2. The summed E-state index contributed by atoms with van der Waals surface area (Å²) in [5, 5.41) is 16.0. The fourth-order valence-corrected chi connectivity index (χ4v) is 11.2. The van der Waals surface area contributed by atoms with E-state index in [1.165, 1.54) is 25.2 Å². The maximum Gasteiger partial charge on any atom is 0.260 e. The molecule has 0 bridgehead atoms. The predicted octanol–water partition coefficient (Wildman–Crippen LogP) is 10.2. The second-order valence-electron chi connectivity index (χ2n) is 15.4. The van der Waals surface area contributed by atoms with Gasteiger partial charge in [0.15, 0.2) is 11.5 Å². The van der Waals surface area contributed by atoms with E-state index in [-0.39, 0.29) is 51.3 Å². The standard InChI is InChI=1S/C46H36Br2Cl2N4O7/c1-60-28-15-8-23(9-16-28)46-33(43(57)54(45(46)59)52-35-19-10-24(49)20-34(35)50)21-31-29(38(46)32-22-36(61-2)41(55)40(48)39(32)47)17-18-30-37(31)44(58)53(42(30)56)27-13-11-26(12-14-27)51-25-6-4-3-5-7-25/h3-17,19-20,22,30-31,33,37-38,51-52,55H,18,21H2,1-2H3. The van der Waals surface area contributed by atoms with Gasteiger partial charge in [0, 0.05) is 26.8 Å². The number of allylic oxidation sites excluding steroid dienone is 2. The average molecular weight is 988 g/mol. The molecule has 9 rings (SSSR count). The summed E-state index contributed by atoms with van der Waals surface area (Å²) in [6, 6.07) is 30.1. The normalized spacial score (nSPS) is 24.2. The number of hydrogen-bond acceptors (Lipinski definition) is 9. The number of ether oxygens (including phenoxy) is 2. The molecule has 2 heterocycles. The Morgan fingerprint density at radius 1 is 0.787 bits per heavy atom. The lowest BCUT2D eigenvalue weighted by Crippen LogP contribution is -2.53. The Kier molecular flexibility index (Phi) is 10.7. The Bertz CT molecular complexity index is 2670. The number of halogens is 4. The third kappa shape index (κ3) is 6.50. The van der Waals surface area contributed by atoms with Crippen LogP contribution in [0.1, 0.15) is 29.9 Å². The number of amides is 4. The van der Waals surface area contributed by atoms with Crippen LogP contribution in [0.4, 0.5) is 22.7 Å². The summed E-state index contributed by atoms with van der Waals surface area (Å²) < 4.78 is 11.9. The highest BCUT2D eigenvalue weighted by atomic mass is 79.9. The summed E-state index contributed by atoms with van der Waals surface area (Å²) in [6.07, 6.45) is 2.24. The number of carbonyl (C=O) groups excluding carboxylic acids is 4. The average Bonchev–Trinajstić information content (AvgIpc) is 3.65. The van der Waals surface area contributed by atoms with Crippen LogP contribution in [0.25, 0.3) is 0 Å².